The maximum absolute atomic E-state index is 12.2. The van der Waals surface area contributed by atoms with Crippen LogP contribution in [0.2, 0.25) is 0 Å². The van der Waals surface area contributed by atoms with Gasteiger partial charge in [0.1, 0.15) is 0 Å². The minimum atomic E-state index is -0.0639. The van der Waals surface area contributed by atoms with Crippen molar-refractivity contribution in [2.24, 2.45) is 0 Å². The Bertz CT molecular complexity index is 443. The minimum absolute atomic E-state index is 0.0639. The molecule has 1 saturated carbocycles. The maximum atomic E-state index is 12.2. The van der Waals surface area contributed by atoms with Crippen molar-refractivity contribution in [3.63, 3.8) is 0 Å². The molecule has 0 bridgehead atoms. The number of amides is 2. The number of benzene rings is 1. The Morgan fingerprint density at radius 2 is 1.30 bits per heavy atom. The van der Waals surface area contributed by atoms with Gasteiger partial charge in [0.25, 0.3) is 0 Å². The van der Waals surface area contributed by atoms with E-state index in [-0.39, 0.29) is 6.03 Å². The highest BCUT2D eigenvalue weighted by atomic mass is 16.2. The van der Waals surface area contributed by atoms with Gasteiger partial charge in [0, 0.05) is 11.7 Å². The molecule has 0 atom stereocenters. The third-order valence-electron chi connectivity index (χ3n) is 4.75. The van der Waals surface area contributed by atoms with Crippen molar-refractivity contribution in [3.8, 4) is 0 Å². The molecule has 0 radical (unpaired) electrons. The first kappa shape index (κ1) is 17.8. The Morgan fingerprint density at radius 1 is 0.826 bits per heavy atom. The summed E-state index contributed by atoms with van der Waals surface area (Å²) in [5.74, 6) is 0. The van der Waals surface area contributed by atoms with Gasteiger partial charge in [0.2, 0.25) is 0 Å². The molecular weight excluding hydrogens is 284 g/mol. The Balaban J connectivity index is 1.79. The van der Waals surface area contributed by atoms with E-state index in [1.54, 1.807) is 0 Å². The molecule has 2 N–H and O–H groups in total. The highest BCUT2D eigenvalue weighted by Gasteiger charge is 2.12. The zero-order valence-electron chi connectivity index (χ0n) is 14.6. The van der Waals surface area contributed by atoms with E-state index in [0.717, 1.165) is 18.5 Å². The summed E-state index contributed by atoms with van der Waals surface area (Å²) in [7, 11) is 0. The first-order valence-electron chi connectivity index (χ1n) is 9.38. The number of rotatable bonds is 2. The number of hydrogen-bond donors (Lipinski definition) is 2. The number of carbonyl (C=O) groups excluding carboxylic acids is 1. The number of urea groups is 1. The van der Waals surface area contributed by atoms with Crippen LogP contribution in [-0.2, 0) is 0 Å². The quantitative estimate of drug-likeness (QED) is 0.712. The molecular formula is C20H32N2O. The van der Waals surface area contributed by atoms with Gasteiger partial charge >= 0.3 is 6.03 Å². The van der Waals surface area contributed by atoms with Crippen LogP contribution >= 0.6 is 0 Å². The molecule has 0 unspecified atom stereocenters. The number of anilines is 1. The van der Waals surface area contributed by atoms with Crippen LogP contribution in [0.5, 0.6) is 0 Å². The predicted molar refractivity (Wildman–Crippen MR) is 97.9 cm³/mol. The molecule has 1 aromatic carbocycles. The second kappa shape index (κ2) is 10.3. The van der Waals surface area contributed by atoms with Crippen molar-refractivity contribution in [2.45, 2.75) is 83.6 Å². The summed E-state index contributed by atoms with van der Waals surface area (Å²) >= 11 is 0. The molecule has 0 aliphatic heterocycles. The smallest absolute Gasteiger partial charge is 0.319 e. The van der Waals surface area contributed by atoms with Crippen LogP contribution in [-0.4, -0.2) is 12.1 Å². The van der Waals surface area contributed by atoms with Crippen LogP contribution in [0.3, 0.4) is 0 Å². The lowest BCUT2D eigenvalue weighted by atomic mass is 9.98. The molecule has 3 heteroatoms. The molecule has 3 nitrogen and oxygen atoms in total. The van der Waals surface area contributed by atoms with Crippen LogP contribution < -0.4 is 10.6 Å². The Hall–Kier alpha value is -1.51. The van der Waals surface area contributed by atoms with Gasteiger partial charge in [-0.05, 0) is 31.9 Å². The lowest BCUT2D eigenvalue weighted by molar-refractivity contribution is 0.246. The first-order valence-corrected chi connectivity index (χ1v) is 9.38. The van der Waals surface area contributed by atoms with Crippen molar-refractivity contribution in [3.05, 3.63) is 29.8 Å². The highest BCUT2D eigenvalue weighted by molar-refractivity contribution is 5.89. The Labute approximate surface area is 141 Å². The monoisotopic (exact) mass is 316 g/mol. The standard InChI is InChI=1S/C20H32N2O/c1-17-13-15-19(16-14-17)22-20(23)21-18-11-9-7-5-3-2-4-6-8-10-12-18/h13-16,18H,2-12H2,1H3,(H2,21,22,23). The van der Waals surface area contributed by atoms with Crippen molar-refractivity contribution in [2.75, 3.05) is 5.32 Å². The summed E-state index contributed by atoms with van der Waals surface area (Å²) in [6.45, 7) is 2.05. The molecule has 1 aromatic rings. The molecule has 1 aliphatic rings. The third kappa shape index (κ3) is 7.54. The zero-order valence-corrected chi connectivity index (χ0v) is 14.6. The van der Waals surface area contributed by atoms with Gasteiger partial charge < -0.3 is 10.6 Å². The van der Waals surface area contributed by atoms with E-state index < -0.39 is 0 Å². The highest BCUT2D eigenvalue weighted by Crippen LogP contribution is 2.17. The Kier molecular flexibility index (Phi) is 7.99. The van der Waals surface area contributed by atoms with Gasteiger partial charge in [0.05, 0.1) is 0 Å². The second-order valence-corrected chi connectivity index (χ2v) is 6.92. The van der Waals surface area contributed by atoms with Crippen molar-refractivity contribution in [1.29, 1.82) is 0 Å². The van der Waals surface area contributed by atoms with Gasteiger partial charge in [-0.1, -0.05) is 75.5 Å². The first-order chi connectivity index (χ1) is 11.2. The van der Waals surface area contributed by atoms with Crippen LogP contribution in [0.25, 0.3) is 0 Å². The van der Waals surface area contributed by atoms with Gasteiger partial charge in [-0.15, -0.1) is 0 Å². The van der Waals surface area contributed by atoms with Gasteiger partial charge in [0.15, 0.2) is 0 Å². The van der Waals surface area contributed by atoms with Gasteiger partial charge in [-0.25, -0.2) is 4.79 Å². The third-order valence-corrected chi connectivity index (χ3v) is 4.75. The zero-order chi connectivity index (χ0) is 16.3. The topological polar surface area (TPSA) is 41.1 Å². The number of nitrogens with one attached hydrogen (secondary N) is 2. The van der Waals surface area contributed by atoms with Crippen LogP contribution in [0.15, 0.2) is 24.3 Å². The molecule has 1 fully saturated rings. The Morgan fingerprint density at radius 3 is 1.83 bits per heavy atom. The fourth-order valence-corrected chi connectivity index (χ4v) is 3.30. The van der Waals surface area contributed by atoms with Crippen molar-refractivity contribution < 1.29 is 4.79 Å². The average molecular weight is 316 g/mol. The minimum Gasteiger partial charge on any atom is -0.335 e. The fraction of sp³-hybridized carbons (Fsp3) is 0.650. The molecule has 1 aliphatic carbocycles. The van der Waals surface area contributed by atoms with Crippen LogP contribution in [0.4, 0.5) is 10.5 Å². The summed E-state index contributed by atoms with van der Waals surface area (Å²) in [6.07, 6.45) is 14.2. The van der Waals surface area contributed by atoms with E-state index in [4.69, 9.17) is 0 Å². The molecule has 2 rings (SSSR count). The number of carbonyl (C=O) groups is 1. The summed E-state index contributed by atoms with van der Waals surface area (Å²) in [6, 6.07) is 8.20. The largest absolute Gasteiger partial charge is 0.335 e. The summed E-state index contributed by atoms with van der Waals surface area (Å²) in [5.41, 5.74) is 2.07. The van der Waals surface area contributed by atoms with Crippen molar-refractivity contribution in [1.82, 2.24) is 5.32 Å². The molecule has 0 aromatic heterocycles. The molecule has 2 amide bonds. The molecule has 0 heterocycles. The summed E-state index contributed by atoms with van der Waals surface area (Å²) < 4.78 is 0. The van der Waals surface area contributed by atoms with E-state index in [9.17, 15) is 4.79 Å². The normalized spacial score (nSPS) is 18.5. The molecule has 23 heavy (non-hydrogen) atoms. The second-order valence-electron chi connectivity index (χ2n) is 6.92. The number of hydrogen-bond acceptors (Lipinski definition) is 1. The van der Waals surface area contributed by atoms with Crippen molar-refractivity contribution >= 4 is 11.7 Å². The lowest BCUT2D eigenvalue weighted by Gasteiger charge is -2.20. The average Bonchev–Trinajstić information content (AvgIpc) is 2.52. The van der Waals surface area contributed by atoms with E-state index >= 15 is 0 Å². The van der Waals surface area contributed by atoms with E-state index in [0.29, 0.717) is 6.04 Å². The predicted octanol–water partition coefficient (Wildman–Crippen LogP) is 5.79. The molecule has 128 valence electrons. The van der Waals surface area contributed by atoms with Crippen LogP contribution in [0, 0.1) is 6.92 Å². The SMILES string of the molecule is Cc1ccc(NC(=O)NC2CCCCCCCCCCC2)cc1. The fourth-order valence-electron chi connectivity index (χ4n) is 3.30. The van der Waals surface area contributed by atoms with E-state index in [1.165, 1.54) is 63.4 Å². The number of aryl methyl sites for hydroxylation is 1. The van der Waals surface area contributed by atoms with E-state index in [2.05, 4.69) is 17.6 Å². The van der Waals surface area contributed by atoms with Crippen LogP contribution in [0.1, 0.15) is 76.2 Å². The lowest BCUT2D eigenvalue weighted by Crippen LogP contribution is -2.38. The molecule has 0 spiro atoms. The van der Waals surface area contributed by atoms with Gasteiger partial charge in [-0.3, -0.25) is 0 Å². The van der Waals surface area contributed by atoms with Gasteiger partial charge in [-0.2, -0.15) is 0 Å². The maximum Gasteiger partial charge on any atom is 0.319 e. The van der Waals surface area contributed by atoms with E-state index in [1.807, 2.05) is 24.3 Å². The molecule has 0 saturated heterocycles. The summed E-state index contributed by atoms with van der Waals surface area (Å²) in [4.78, 5) is 12.2. The summed E-state index contributed by atoms with van der Waals surface area (Å²) in [5, 5.41) is 6.14.